The Morgan fingerprint density at radius 2 is 1.86 bits per heavy atom. The molecule has 7 nitrogen and oxygen atoms in total. The minimum Gasteiger partial charge on any atom is -0.285 e. The third-order valence-electron chi connectivity index (χ3n) is 6.04. The van der Waals surface area contributed by atoms with Gasteiger partial charge in [0.1, 0.15) is 5.82 Å². The van der Waals surface area contributed by atoms with Crippen LogP contribution in [0.4, 0.5) is 0 Å². The van der Waals surface area contributed by atoms with E-state index in [0.29, 0.717) is 5.82 Å². The van der Waals surface area contributed by atoms with E-state index in [1.54, 1.807) is 0 Å². The predicted octanol–water partition coefficient (Wildman–Crippen LogP) is 3.69. The highest BCUT2D eigenvalue weighted by atomic mass is 35.5. The molecule has 0 amide bonds. The zero-order valence-electron chi connectivity index (χ0n) is 15.7. The second-order valence-corrected chi connectivity index (χ2v) is 8.38. The number of nitrogens with zero attached hydrogens (tertiary/aromatic N) is 6. The Morgan fingerprint density at radius 1 is 1.07 bits per heavy atom. The van der Waals surface area contributed by atoms with Crippen molar-refractivity contribution in [2.24, 2.45) is 0 Å². The van der Waals surface area contributed by atoms with Crippen LogP contribution < -0.4 is 0 Å². The number of benzene rings is 1. The number of aromatic amines is 1. The summed E-state index contributed by atoms with van der Waals surface area (Å²) in [6.45, 7) is 4.14. The molecule has 142 valence electrons. The molecule has 0 unspecified atom stereocenters. The van der Waals surface area contributed by atoms with Gasteiger partial charge in [0.2, 0.25) is 0 Å². The van der Waals surface area contributed by atoms with E-state index in [0.717, 1.165) is 34.9 Å². The second-order valence-electron chi connectivity index (χ2n) is 7.94. The number of pyridine rings is 1. The van der Waals surface area contributed by atoms with Gasteiger partial charge in [0.05, 0.1) is 10.8 Å². The molecule has 1 aromatic carbocycles. The topological polar surface area (TPSA) is 84.7 Å². The van der Waals surface area contributed by atoms with Crippen LogP contribution in [0.2, 0.25) is 5.02 Å². The van der Waals surface area contributed by atoms with Crippen molar-refractivity contribution in [3.8, 4) is 0 Å². The van der Waals surface area contributed by atoms with Crippen LogP contribution in [0.25, 0.3) is 5.65 Å². The molecular weight excluding hydrogens is 374 g/mol. The van der Waals surface area contributed by atoms with Gasteiger partial charge in [-0.05, 0) is 50.5 Å². The summed E-state index contributed by atoms with van der Waals surface area (Å²) in [4.78, 5) is 0. The van der Waals surface area contributed by atoms with E-state index in [1.807, 2.05) is 24.4 Å². The molecule has 5 rings (SSSR count). The third-order valence-corrected chi connectivity index (χ3v) is 6.30. The lowest BCUT2D eigenvalue weighted by Gasteiger charge is -2.41. The van der Waals surface area contributed by atoms with Crippen LogP contribution in [-0.2, 0) is 10.8 Å². The van der Waals surface area contributed by atoms with Crippen molar-refractivity contribution in [1.82, 2.24) is 35.2 Å². The Hall–Kier alpha value is -2.80. The molecule has 0 saturated heterocycles. The van der Waals surface area contributed by atoms with Crippen molar-refractivity contribution >= 4 is 17.2 Å². The fourth-order valence-electron chi connectivity index (χ4n) is 4.22. The number of aromatic nitrogens is 7. The van der Waals surface area contributed by atoms with E-state index in [1.165, 1.54) is 12.0 Å². The van der Waals surface area contributed by atoms with Gasteiger partial charge in [-0.2, -0.15) is 5.21 Å². The largest absolute Gasteiger partial charge is 0.285 e. The minimum atomic E-state index is -0.452. The Balaban J connectivity index is 1.68. The van der Waals surface area contributed by atoms with Crippen molar-refractivity contribution in [1.29, 1.82) is 0 Å². The summed E-state index contributed by atoms with van der Waals surface area (Å²) in [5.74, 6) is 1.60. The molecule has 0 spiro atoms. The van der Waals surface area contributed by atoms with Gasteiger partial charge in [0.25, 0.3) is 0 Å². The fourth-order valence-corrected chi connectivity index (χ4v) is 4.34. The normalized spacial score (nSPS) is 16.2. The van der Waals surface area contributed by atoms with E-state index in [4.69, 9.17) is 11.6 Å². The average molecular weight is 394 g/mol. The summed E-state index contributed by atoms with van der Waals surface area (Å²) in [5, 5.41) is 24.6. The maximum Gasteiger partial charge on any atom is 0.184 e. The molecule has 1 aliphatic rings. The Kier molecular flexibility index (Phi) is 3.77. The van der Waals surface area contributed by atoms with Gasteiger partial charge in [0, 0.05) is 16.8 Å². The lowest BCUT2D eigenvalue weighted by Crippen LogP contribution is -2.37. The van der Waals surface area contributed by atoms with Gasteiger partial charge in [0.15, 0.2) is 11.5 Å². The summed E-state index contributed by atoms with van der Waals surface area (Å²) in [7, 11) is 0. The van der Waals surface area contributed by atoms with Crippen molar-refractivity contribution in [3.05, 3.63) is 70.4 Å². The van der Waals surface area contributed by atoms with Gasteiger partial charge in [-0.25, -0.2) is 0 Å². The number of hydrogen-bond acceptors (Lipinski definition) is 5. The van der Waals surface area contributed by atoms with Crippen LogP contribution in [0.1, 0.15) is 55.9 Å². The van der Waals surface area contributed by atoms with Crippen LogP contribution in [0.5, 0.6) is 0 Å². The minimum absolute atomic E-state index is 0.126. The van der Waals surface area contributed by atoms with Crippen molar-refractivity contribution in [2.75, 3.05) is 0 Å². The van der Waals surface area contributed by atoms with E-state index < -0.39 is 5.41 Å². The molecule has 0 radical (unpaired) electrons. The van der Waals surface area contributed by atoms with Gasteiger partial charge in [-0.3, -0.25) is 4.40 Å². The second kappa shape index (κ2) is 6.10. The summed E-state index contributed by atoms with van der Waals surface area (Å²) in [6.07, 6.45) is 5.31. The Morgan fingerprint density at radius 3 is 2.50 bits per heavy atom. The fraction of sp³-hybridized carbons (Fsp3) is 0.350. The molecular formula is C20H20ClN7. The molecule has 1 N–H and O–H groups in total. The van der Waals surface area contributed by atoms with Crippen LogP contribution in [0, 0.1) is 0 Å². The quantitative estimate of drug-likeness (QED) is 0.571. The molecule has 0 atom stereocenters. The van der Waals surface area contributed by atoms with Crippen LogP contribution in [0.15, 0.2) is 42.6 Å². The molecule has 3 aromatic heterocycles. The first kappa shape index (κ1) is 17.3. The third kappa shape index (κ3) is 2.39. The van der Waals surface area contributed by atoms with Crippen LogP contribution >= 0.6 is 11.6 Å². The number of hydrogen-bond donors (Lipinski definition) is 1. The van der Waals surface area contributed by atoms with Gasteiger partial charge in [-0.15, -0.1) is 20.4 Å². The number of nitrogens with one attached hydrogen (secondary N) is 1. The van der Waals surface area contributed by atoms with Gasteiger partial charge >= 0.3 is 0 Å². The maximum absolute atomic E-state index is 6.11. The lowest BCUT2D eigenvalue weighted by atomic mass is 9.64. The van der Waals surface area contributed by atoms with E-state index in [2.05, 4.69) is 67.3 Å². The Bertz CT molecular complexity index is 1130. The van der Waals surface area contributed by atoms with E-state index in [-0.39, 0.29) is 5.41 Å². The summed E-state index contributed by atoms with van der Waals surface area (Å²) < 4.78 is 2.12. The number of fused-ring (bicyclic) bond motifs is 1. The summed E-state index contributed by atoms with van der Waals surface area (Å²) in [6, 6.07) is 12.2. The summed E-state index contributed by atoms with van der Waals surface area (Å²) in [5.41, 5.74) is 2.50. The average Bonchev–Trinajstić information content (AvgIpc) is 3.33. The summed E-state index contributed by atoms with van der Waals surface area (Å²) >= 11 is 6.11. The molecule has 1 aliphatic carbocycles. The van der Waals surface area contributed by atoms with Gasteiger partial charge in [-0.1, -0.05) is 41.4 Å². The Labute approximate surface area is 167 Å². The van der Waals surface area contributed by atoms with E-state index in [9.17, 15) is 0 Å². The highest BCUT2D eigenvalue weighted by Crippen LogP contribution is 2.48. The highest BCUT2D eigenvalue weighted by Gasteiger charge is 2.44. The molecule has 0 aliphatic heterocycles. The van der Waals surface area contributed by atoms with Crippen molar-refractivity contribution in [3.63, 3.8) is 0 Å². The first-order chi connectivity index (χ1) is 13.5. The standard InChI is InChI=1S/C20H20ClN7/c1-19(2,17-23-26-27-24-17)15-5-3-12-28-16(15)22-25-18(28)20(10-4-11-20)13-6-8-14(21)9-7-13/h3,5-9,12H,4,10-11H2,1-2H3,(H,23,24,26,27). The zero-order chi connectivity index (χ0) is 19.4. The van der Waals surface area contributed by atoms with Crippen LogP contribution in [-0.4, -0.2) is 35.2 Å². The molecule has 28 heavy (non-hydrogen) atoms. The van der Waals surface area contributed by atoms with E-state index >= 15 is 0 Å². The lowest BCUT2D eigenvalue weighted by molar-refractivity contribution is 0.283. The molecule has 1 fully saturated rings. The van der Waals surface area contributed by atoms with Crippen molar-refractivity contribution in [2.45, 2.75) is 43.9 Å². The first-order valence-electron chi connectivity index (χ1n) is 9.37. The smallest absolute Gasteiger partial charge is 0.184 e. The SMILES string of the molecule is CC(C)(c1nn[nH]n1)c1cccn2c(C3(c4ccc(Cl)cc4)CCC3)nnc12. The predicted molar refractivity (Wildman–Crippen MR) is 105 cm³/mol. The van der Waals surface area contributed by atoms with Crippen molar-refractivity contribution < 1.29 is 0 Å². The number of halogens is 1. The first-order valence-corrected chi connectivity index (χ1v) is 9.75. The number of H-pyrrole nitrogens is 1. The molecule has 8 heteroatoms. The zero-order valence-corrected chi connectivity index (χ0v) is 16.5. The molecule has 0 bridgehead atoms. The highest BCUT2D eigenvalue weighted by molar-refractivity contribution is 6.30. The molecule has 1 saturated carbocycles. The van der Waals surface area contributed by atoms with Crippen LogP contribution in [0.3, 0.4) is 0 Å². The monoisotopic (exact) mass is 393 g/mol. The molecule has 4 aromatic rings. The molecule has 3 heterocycles. The number of rotatable bonds is 4. The van der Waals surface area contributed by atoms with Gasteiger partial charge < -0.3 is 0 Å². The maximum atomic E-state index is 6.11. The number of tetrazole rings is 1.